The normalized spacial score (nSPS) is 16.6. The van der Waals surface area contributed by atoms with E-state index in [9.17, 15) is 14.7 Å². The van der Waals surface area contributed by atoms with Gasteiger partial charge in [0.1, 0.15) is 0 Å². The Hall–Kier alpha value is -1.64. The molecule has 3 heteroatoms. The van der Waals surface area contributed by atoms with Crippen LogP contribution in [0.25, 0.3) is 0 Å². The summed E-state index contributed by atoms with van der Waals surface area (Å²) in [6.45, 7) is 5.27. The van der Waals surface area contributed by atoms with Crippen molar-refractivity contribution < 1.29 is 14.7 Å². The summed E-state index contributed by atoms with van der Waals surface area (Å²) in [6.07, 6.45) is 3.55. The van der Waals surface area contributed by atoms with Gasteiger partial charge in [0, 0.05) is 11.1 Å². The first-order valence-corrected chi connectivity index (χ1v) is 4.76. The van der Waals surface area contributed by atoms with Crippen molar-refractivity contribution in [2.45, 2.75) is 27.2 Å². The molecule has 0 aliphatic heterocycles. The Morgan fingerprint density at radius 3 is 2.53 bits per heavy atom. The summed E-state index contributed by atoms with van der Waals surface area (Å²) in [5.41, 5.74) is 1.55. The molecular weight excluding hydrogens is 192 g/mol. The number of aliphatic hydroxyl groups excluding tert-OH is 1. The van der Waals surface area contributed by atoms with E-state index in [2.05, 4.69) is 0 Å². The van der Waals surface area contributed by atoms with E-state index >= 15 is 0 Å². The number of Topliss-reactive ketones (excluding diaryl/α,β-unsaturated/α-hetero) is 1. The lowest BCUT2D eigenvalue weighted by molar-refractivity contribution is -0.117. The molecule has 0 amide bonds. The van der Waals surface area contributed by atoms with Crippen LogP contribution in [0, 0.1) is 0 Å². The fourth-order valence-electron chi connectivity index (χ4n) is 1.24. The zero-order valence-electron chi connectivity index (χ0n) is 9.13. The fraction of sp³-hybridized carbons (Fsp3) is 0.333. The number of aliphatic hydroxyl groups is 1. The van der Waals surface area contributed by atoms with E-state index in [1.165, 1.54) is 13.0 Å². The SMILES string of the molecule is CC(C)=CCC1=CC(=O)C(C)=C(O)C1=O. The van der Waals surface area contributed by atoms with Crippen molar-refractivity contribution in [3.05, 3.63) is 34.6 Å². The summed E-state index contributed by atoms with van der Waals surface area (Å²) in [5, 5.41) is 9.40. The molecule has 1 aliphatic carbocycles. The number of allylic oxidation sites excluding steroid dienone is 5. The number of hydrogen-bond donors (Lipinski definition) is 1. The van der Waals surface area contributed by atoms with E-state index in [4.69, 9.17) is 0 Å². The number of rotatable bonds is 2. The summed E-state index contributed by atoms with van der Waals surface area (Å²) in [7, 11) is 0. The molecule has 15 heavy (non-hydrogen) atoms. The van der Waals surface area contributed by atoms with Crippen LogP contribution >= 0.6 is 0 Å². The number of carbonyl (C=O) groups is 2. The summed E-state index contributed by atoms with van der Waals surface area (Å²) in [4.78, 5) is 22.9. The molecule has 0 radical (unpaired) electrons. The van der Waals surface area contributed by atoms with Crippen LogP contribution in [-0.4, -0.2) is 16.7 Å². The zero-order chi connectivity index (χ0) is 11.6. The maximum absolute atomic E-state index is 11.5. The Morgan fingerprint density at radius 1 is 1.40 bits per heavy atom. The average Bonchev–Trinajstić information content (AvgIpc) is 2.18. The molecule has 80 valence electrons. The quantitative estimate of drug-likeness (QED) is 0.557. The Labute approximate surface area is 88.8 Å². The first-order valence-electron chi connectivity index (χ1n) is 4.76. The monoisotopic (exact) mass is 206 g/mol. The van der Waals surface area contributed by atoms with Crippen LogP contribution in [0.5, 0.6) is 0 Å². The van der Waals surface area contributed by atoms with E-state index in [1.807, 2.05) is 19.9 Å². The number of hydrogen-bond acceptors (Lipinski definition) is 3. The lowest BCUT2D eigenvalue weighted by Gasteiger charge is -2.11. The molecular formula is C12H14O3. The predicted octanol–water partition coefficient (Wildman–Crippen LogP) is 2.25. The van der Waals surface area contributed by atoms with Crippen molar-refractivity contribution in [2.75, 3.05) is 0 Å². The van der Waals surface area contributed by atoms with Crippen LogP contribution in [-0.2, 0) is 9.59 Å². The molecule has 0 aromatic rings. The van der Waals surface area contributed by atoms with Crippen LogP contribution in [0.3, 0.4) is 0 Å². The minimum Gasteiger partial charge on any atom is -0.504 e. The van der Waals surface area contributed by atoms with Crippen molar-refractivity contribution in [1.82, 2.24) is 0 Å². The maximum Gasteiger partial charge on any atom is 0.224 e. The lowest BCUT2D eigenvalue weighted by atomic mass is 9.94. The van der Waals surface area contributed by atoms with Crippen molar-refractivity contribution in [3.8, 4) is 0 Å². The maximum atomic E-state index is 11.5. The molecule has 0 saturated carbocycles. The molecule has 0 atom stereocenters. The second-order valence-electron chi connectivity index (χ2n) is 3.82. The van der Waals surface area contributed by atoms with Gasteiger partial charge < -0.3 is 5.11 Å². The van der Waals surface area contributed by atoms with Gasteiger partial charge >= 0.3 is 0 Å². The van der Waals surface area contributed by atoms with Crippen molar-refractivity contribution in [1.29, 1.82) is 0 Å². The van der Waals surface area contributed by atoms with Gasteiger partial charge in [-0.2, -0.15) is 0 Å². The first kappa shape index (κ1) is 11.4. The van der Waals surface area contributed by atoms with Gasteiger partial charge in [-0.25, -0.2) is 0 Å². The molecule has 1 aliphatic rings. The van der Waals surface area contributed by atoms with E-state index in [0.717, 1.165) is 5.57 Å². The highest BCUT2D eigenvalue weighted by Gasteiger charge is 2.24. The second-order valence-corrected chi connectivity index (χ2v) is 3.82. The third kappa shape index (κ3) is 2.43. The third-order valence-corrected chi connectivity index (χ3v) is 2.27. The van der Waals surface area contributed by atoms with Crippen molar-refractivity contribution in [2.24, 2.45) is 0 Å². The topological polar surface area (TPSA) is 54.4 Å². The highest BCUT2D eigenvalue weighted by Crippen LogP contribution is 2.19. The second kappa shape index (κ2) is 4.26. The molecule has 1 N–H and O–H groups in total. The Kier molecular flexibility index (Phi) is 3.24. The van der Waals surface area contributed by atoms with Crippen LogP contribution in [0.4, 0.5) is 0 Å². The molecule has 0 aromatic carbocycles. The van der Waals surface area contributed by atoms with Crippen LogP contribution in [0.15, 0.2) is 34.6 Å². The lowest BCUT2D eigenvalue weighted by Crippen LogP contribution is -2.17. The summed E-state index contributed by atoms with van der Waals surface area (Å²) in [5.74, 6) is -1.14. The largest absolute Gasteiger partial charge is 0.504 e. The third-order valence-electron chi connectivity index (χ3n) is 2.27. The van der Waals surface area contributed by atoms with Crippen LogP contribution in [0.1, 0.15) is 27.2 Å². The number of carbonyl (C=O) groups excluding carboxylic acids is 2. The zero-order valence-corrected chi connectivity index (χ0v) is 9.13. The first-order chi connectivity index (χ1) is 6.93. The molecule has 3 nitrogen and oxygen atoms in total. The van der Waals surface area contributed by atoms with E-state index in [-0.39, 0.29) is 11.4 Å². The van der Waals surface area contributed by atoms with Gasteiger partial charge in [-0.3, -0.25) is 9.59 Å². The van der Waals surface area contributed by atoms with Crippen molar-refractivity contribution >= 4 is 11.6 Å². The Bertz CT molecular complexity index is 405. The summed E-state index contributed by atoms with van der Waals surface area (Å²) < 4.78 is 0. The smallest absolute Gasteiger partial charge is 0.224 e. The standard InChI is InChI=1S/C12H14O3/c1-7(2)4-5-9-6-10(13)8(3)11(14)12(9)15/h4,6,14H,5H2,1-3H3. The van der Waals surface area contributed by atoms with Gasteiger partial charge in [0.05, 0.1) is 0 Å². The summed E-state index contributed by atoms with van der Waals surface area (Å²) >= 11 is 0. The molecule has 0 bridgehead atoms. The fourth-order valence-corrected chi connectivity index (χ4v) is 1.24. The molecule has 0 unspecified atom stereocenters. The molecule has 0 fully saturated rings. The van der Waals surface area contributed by atoms with Crippen LogP contribution < -0.4 is 0 Å². The molecule has 1 rings (SSSR count). The van der Waals surface area contributed by atoms with E-state index in [0.29, 0.717) is 12.0 Å². The van der Waals surface area contributed by atoms with Gasteiger partial charge in [0.15, 0.2) is 11.5 Å². The van der Waals surface area contributed by atoms with E-state index < -0.39 is 11.5 Å². The van der Waals surface area contributed by atoms with Gasteiger partial charge in [-0.1, -0.05) is 11.6 Å². The van der Waals surface area contributed by atoms with Crippen molar-refractivity contribution in [3.63, 3.8) is 0 Å². The minimum absolute atomic E-state index is 0.126. The Balaban J connectivity index is 2.95. The van der Waals surface area contributed by atoms with Gasteiger partial charge in [0.2, 0.25) is 5.78 Å². The van der Waals surface area contributed by atoms with E-state index in [1.54, 1.807) is 0 Å². The highest BCUT2D eigenvalue weighted by atomic mass is 16.3. The van der Waals surface area contributed by atoms with Gasteiger partial charge in [-0.05, 0) is 33.3 Å². The molecule has 0 aromatic heterocycles. The number of ketones is 2. The summed E-state index contributed by atoms with van der Waals surface area (Å²) in [6, 6.07) is 0. The molecule has 0 spiro atoms. The predicted molar refractivity (Wildman–Crippen MR) is 57.5 cm³/mol. The average molecular weight is 206 g/mol. The van der Waals surface area contributed by atoms with Gasteiger partial charge in [0.25, 0.3) is 0 Å². The highest BCUT2D eigenvalue weighted by molar-refractivity contribution is 6.21. The molecule has 0 saturated heterocycles. The molecule has 0 heterocycles. The van der Waals surface area contributed by atoms with Gasteiger partial charge in [-0.15, -0.1) is 0 Å². The minimum atomic E-state index is -0.440. The Morgan fingerprint density at radius 2 is 2.00 bits per heavy atom. The van der Waals surface area contributed by atoms with Crippen LogP contribution in [0.2, 0.25) is 0 Å².